The van der Waals surface area contributed by atoms with E-state index in [0.717, 1.165) is 4.47 Å². The smallest absolute Gasteiger partial charge is 0.317 e. The first-order valence-corrected chi connectivity index (χ1v) is 8.34. The summed E-state index contributed by atoms with van der Waals surface area (Å²) in [5.41, 5.74) is 0.437. The van der Waals surface area contributed by atoms with Gasteiger partial charge in [0, 0.05) is 29.7 Å². The van der Waals surface area contributed by atoms with E-state index in [9.17, 15) is 14.0 Å². The largest absolute Gasteiger partial charge is 0.481 e. The third-order valence-electron chi connectivity index (χ3n) is 4.17. The van der Waals surface area contributed by atoms with Crippen LogP contribution in [0.15, 0.2) is 22.7 Å². The number of hydrogen-bond acceptors (Lipinski definition) is 2. The van der Waals surface area contributed by atoms with Crippen LogP contribution in [0.2, 0.25) is 0 Å². The van der Waals surface area contributed by atoms with Gasteiger partial charge in [-0.3, -0.25) is 4.79 Å². The second-order valence-corrected chi connectivity index (χ2v) is 6.84. The fourth-order valence-electron chi connectivity index (χ4n) is 2.76. The Balaban J connectivity index is 1.86. The van der Waals surface area contributed by atoms with Gasteiger partial charge < -0.3 is 15.3 Å². The van der Waals surface area contributed by atoms with Gasteiger partial charge in [0.2, 0.25) is 0 Å². The molecule has 2 rings (SSSR count). The molecule has 0 atom stereocenters. The Labute approximate surface area is 143 Å². The van der Waals surface area contributed by atoms with E-state index in [2.05, 4.69) is 21.2 Å². The van der Waals surface area contributed by atoms with Crippen LogP contribution >= 0.6 is 15.9 Å². The standard InChI is InChI=1S/C16H20BrFN2O3/c1-20(9-11-8-12(17)4-7-14(11)18)16(23)19-13-5-2-10(3-6-13)15(21)22/h4,7-8,10,13H,2-3,5-6,9H2,1H3,(H,19,23)(H,21,22). The molecule has 1 aromatic carbocycles. The summed E-state index contributed by atoms with van der Waals surface area (Å²) in [5, 5.41) is 11.9. The second-order valence-electron chi connectivity index (χ2n) is 5.93. The molecule has 0 bridgehead atoms. The highest BCUT2D eigenvalue weighted by Crippen LogP contribution is 2.24. The van der Waals surface area contributed by atoms with E-state index in [-0.39, 0.29) is 30.4 Å². The van der Waals surface area contributed by atoms with Crippen LogP contribution < -0.4 is 5.32 Å². The van der Waals surface area contributed by atoms with Crippen molar-refractivity contribution in [2.75, 3.05) is 7.05 Å². The minimum Gasteiger partial charge on any atom is -0.481 e. The third-order valence-corrected chi connectivity index (χ3v) is 4.66. The molecule has 1 aromatic rings. The molecule has 126 valence electrons. The molecule has 1 fully saturated rings. The van der Waals surface area contributed by atoms with Gasteiger partial charge in [0.05, 0.1) is 5.92 Å². The maximum Gasteiger partial charge on any atom is 0.317 e. The molecule has 1 saturated carbocycles. The number of benzene rings is 1. The molecule has 5 nitrogen and oxygen atoms in total. The Kier molecular flexibility index (Phi) is 5.98. The molecule has 1 aliphatic carbocycles. The van der Waals surface area contributed by atoms with Crippen molar-refractivity contribution in [1.29, 1.82) is 0 Å². The number of amides is 2. The van der Waals surface area contributed by atoms with E-state index < -0.39 is 5.97 Å². The Bertz CT molecular complexity index is 589. The van der Waals surface area contributed by atoms with Crippen molar-refractivity contribution in [1.82, 2.24) is 10.2 Å². The molecule has 2 amide bonds. The van der Waals surface area contributed by atoms with Gasteiger partial charge in [0.15, 0.2) is 0 Å². The number of hydrogen-bond donors (Lipinski definition) is 2. The van der Waals surface area contributed by atoms with E-state index >= 15 is 0 Å². The van der Waals surface area contributed by atoms with Crippen molar-refractivity contribution in [2.24, 2.45) is 5.92 Å². The predicted octanol–water partition coefficient (Wildman–Crippen LogP) is 3.37. The van der Waals surface area contributed by atoms with Crippen molar-refractivity contribution in [3.8, 4) is 0 Å². The Morgan fingerprint density at radius 3 is 2.61 bits per heavy atom. The lowest BCUT2D eigenvalue weighted by atomic mass is 9.86. The summed E-state index contributed by atoms with van der Waals surface area (Å²) in [6, 6.07) is 4.33. The number of aliphatic carboxylic acids is 1. The lowest BCUT2D eigenvalue weighted by Gasteiger charge is -2.29. The number of carboxylic acids is 1. The fraction of sp³-hybridized carbons (Fsp3) is 0.500. The fourth-order valence-corrected chi connectivity index (χ4v) is 3.17. The summed E-state index contributed by atoms with van der Waals surface area (Å²) in [6.07, 6.45) is 2.46. The number of rotatable bonds is 4. The van der Waals surface area contributed by atoms with Crippen molar-refractivity contribution >= 4 is 27.9 Å². The Hall–Kier alpha value is -1.63. The summed E-state index contributed by atoms with van der Waals surface area (Å²) in [7, 11) is 1.61. The Morgan fingerprint density at radius 1 is 1.35 bits per heavy atom. The van der Waals surface area contributed by atoms with Crippen LogP contribution in [0.1, 0.15) is 31.2 Å². The number of nitrogens with one attached hydrogen (secondary N) is 1. The summed E-state index contributed by atoms with van der Waals surface area (Å²) >= 11 is 3.29. The molecular weight excluding hydrogens is 367 g/mol. The molecule has 1 aliphatic rings. The van der Waals surface area contributed by atoms with Crippen molar-refractivity contribution < 1.29 is 19.1 Å². The average Bonchev–Trinajstić information content (AvgIpc) is 2.51. The van der Waals surface area contributed by atoms with E-state index in [4.69, 9.17) is 5.11 Å². The predicted molar refractivity (Wildman–Crippen MR) is 87.5 cm³/mol. The molecule has 23 heavy (non-hydrogen) atoms. The highest BCUT2D eigenvalue weighted by Gasteiger charge is 2.27. The SMILES string of the molecule is CN(Cc1cc(Br)ccc1F)C(=O)NC1CCC(C(=O)O)CC1. The molecule has 7 heteroatoms. The van der Waals surface area contributed by atoms with Gasteiger partial charge in [0.25, 0.3) is 0 Å². The van der Waals surface area contributed by atoms with Gasteiger partial charge in [0.1, 0.15) is 5.82 Å². The van der Waals surface area contributed by atoms with Gasteiger partial charge >= 0.3 is 12.0 Å². The summed E-state index contributed by atoms with van der Waals surface area (Å²) in [4.78, 5) is 24.5. The van der Waals surface area contributed by atoms with Crippen molar-refractivity contribution in [3.63, 3.8) is 0 Å². The van der Waals surface area contributed by atoms with Crippen LogP contribution in [0.4, 0.5) is 9.18 Å². The van der Waals surface area contributed by atoms with Crippen molar-refractivity contribution in [2.45, 2.75) is 38.3 Å². The first-order valence-electron chi connectivity index (χ1n) is 7.55. The number of carbonyl (C=O) groups excluding carboxylic acids is 1. The molecule has 0 spiro atoms. The quantitative estimate of drug-likeness (QED) is 0.833. The maximum absolute atomic E-state index is 13.7. The molecule has 2 N–H and O–H groups in total. The molecule has 0 unspecified atom stereocenters. The lowest BCUT2D eigenvalue weighted by molar-refractivity contribution is -0.142. The Morgan fingerprint density at radius 2 is 2.00 bits per heavy atom. The zero-order chi connectivity index (χ0) is 17.0. The maximum atomic E-state index is 13.7. The number of urea groups is 1. The van der Waals surface area contributed by atoms with E-state index in [1.165, 1.54) is 11.0 Å². The molecule has 0 saturated heterocycles. The average molecular weight is 387 g/mol. The molecule has 0 heterocycles. The first-order chi connectivity index (χ1) is 10.9. The van der Waals surface area contributed by atoms with Crippen LogP contribution in [0.3, 0.4) is 0 Å². The van der Waals surface area contributed by atoms with Crippen LogP contribution in [-0.4, -0.2) is 35.1 Å². The van der Waals surface area contributed by atoms with Gasteiger partial charge in [-0.15, -0.1) is 0 Å². The van der Waals surface area contributed by atoms with E-state index in [1.54, 1.807) is 19.2 Å². The van der Waals surface area contributed by atoms with Gasteiger partial charge in [-0.1, -0.05) is 15.9 Å². The van der Waals surface area contributed by atoms with Crippen LogP contribution in [0.5, 0.6) is 0 Å². The zero-order valence-electron chi connectivity index (χ0n) is 12.9. The highest BCUT2D eigenvalue weighted by atomic mass is 79.9. The minimum atomic E-state index is -0.767. The highest BCUT2D eigenvalue weighted by molar-refractivity contribution is 9.10. The summed E-state index contributed by atoms with van der Waals surface area (Å²) in [6.45, 7) is 0.168. The lowest BCUT2D eigenvalue weighted by Crippen LogP contribution is -2.44. The minimum absolute atomic E-state index is 0.0205. The van der Waals surface area contributed by atoms with E-state index in [0.29, 0.717) is 31.2 Å². The van der Waals surface area contributed by atoms with Crippen LogP contribution in [0, 0.1) is 11.7 Å². The topological polar surface area (TPSA) is 69.6 Å². The number of nitrogens with zero attached hydrogens (tertiary/aromatic N) is 1. The molecule has 0 aromatic heterocycles. The monoisotopic (exact) mass is 386 g/mol. The van der Waals surface area contributed by atoms with Gasteiger partial charge in [-0.05, 0) is 43.9 Å². The van der Waals surface area contributed by atoms with Gasteiger partial charge in [-0.25, -0.2) is 9.18 Å². The molecule has 0 radical (unpaired) electrons. The second kappa shape index (κ2) is 7.77. The van der Waals surface area contributed by atoms with E-state index in [1.807, 2.05) is 0 Å². The van der Waals surface area contributed by atoms with Crippen LogP contribution in [0.25, 0.3) is 0 Å². The van der Waals surface area contributed by atoms with Crippen LogP contribution in [-0.2, 0) is 11.3 Å². The number of carboxylic acid groups (broad SMARTS) is 1. The molecular formula is C16H20BrFN2O3. The third kappa shape index (κ3) is 4.92. The first kappa shape index (κ1) is 17.7. The summed E-state index contributed by atoms with van der Waals surface area (Å²) < 4.78 is 14.5. The zero-order valence-corrected chi connectivity index (χ0v) is 14.5. The van der Waals surface area contributed by atoms with Crippen molar-refractivity contribution in [3.05, 3.63) is 34.1 Å². The normalized spacial score (nSPS) is 20.8. The van der Waals surface area contributed by atoms with Gasteiger partial charge in [-0.2, -0.15) is 0 Å². The summed E-state index contributed by atoms with van der Waals surface area (Å²) in [5.74, 6) is -1.43. The number of halogens is 2. The number of carbonyl (C=O) groups is 2. The molecule has 0 aliphatic heterocycles.